The van der Waals surface area contributed by atoms with Crippen LogP contribution in [0.4, 0.5) is 16.2 Å². The Labute approximate surface area is 287 Å². The Morgan fingerprint density at radius 1 is 0.959 bits per heavy atom. The molecule has 0 radical (unpaired) electrons. The molecular formula is C37H46N4O8. The maximum atomic E-state index is 14.4. The standard InChI is InChI=1S/C37H46N4O8/c1-24-20-41(25(2)22-42)36(44)30-18-28(38-37(45)39-29-14-16-32-33(19-29)48-23-47-32)13-15-31(30)49-26(3)10-8-9-17-46-34(24)21-40(4)35(43)27-11-6-5-7-12-27/h5-7,11-16,18-19,24-26,34,42H,8-10,17,20-23H2,1-4H3,(H2,38,39,45)/t24-,25+,26+,34-/m1/s1. The number of fused-ring (bicyclic) bond motifs is 2. The fourth-order valence-electron chi connectivity index (χ4n) is 5.88. The molecule has 0 saturated carbocycles. The number of carbonyl (C=O) groups is 3. The number of likely N-dealkylation sites (N-methyl/N-ethyl adjacent to an activating group) is 1. The van der Waals surface area contributed by atoms with Gasteiger partial charge in [-0.05, 0) is 75.6 Å². The molecule has 3 aromatic carbocycles. The van der Waals surface area contributed by atoms with E-state index in [0.717, 1.165) is 19.3 Å². The van der Waals surface area contributed by atoms with Crippen molar-refractivity contribution in [2.75, 3.05) is 50.8 Å². The minimum atomic E-state index is -0.539. The molecule has 2 aliphatic heterocycles. The zero-order valence-electron chi connectivity index (χ0n) is 28.5. The van der Waals surface area contributed by atoms with Crippen molar-refractivity contribution in [3.63, 3.8) is 0 Å². The highest BCUT2D eigenvalue weighted by Crippen LogP contribution is 2.34. The molecule has 0 unspecified atom stereocenters. The summed E-state index contributed by atoms with van der Waals surface area (Å²) in [6.07, 6.45) is 1.81. The van der Waals surface area contributed by atoms with Gasteiger partial charge in [0, 0.05) is 55.7 Å². The molecule has 2 aliphatic rings. The Balaban J connectivity index is 1.38. The van der Waals surface area contributed by atoms with Gasteiger partial charge in [-0.3, -0.25) is 9.59 Å². The van der Waals surface area contributed by atoms with Crippen LogP contribution < -0.4 is 24.8 Å². The van der Waals surface area contributed by atoms with Gasteiger partial charge in [0.25, 0.3) is 11.8 Å². The predicted molar refractivity (Wildman–Crippen MR) is 185 cm³/mol. The van der Waals surface area contributed by atoms with E-state index in [4.69, 9.17) is 18.9 Å². The van der Waals surface area contributed by atoms with E-state index in [1.54, 1.807) is 72.3 Å². The third kappa shape index (κ3) is 9.21. The molecule has 0 aromatic heterocycles. The van der Waals surface area contributed by atoms with E-state index in [0.29, 0.717) is 47.3 Å². The van der Waals surface area contributed by atoms with Gasteiger partial charge < -0.3 is 44.5 Å². The minimum Gasteiger partial charge on any atom is -0.490 e. The van der Waals surface area contributed by atoms with Crippen LogP contribution in [0.1, 0.15) is 60.7 Å². The number of amides is 4. The van der Waals surface area contributed by atoms with Gasteiger partial charge in [0.1, 0.15) is 5.75 Å². The fraction of sp³-hybridized carbons (Fsp3) is 0.432. The number of anilines is 2. The summed E-state index contributed by atoms with van der Waals surface area (Å²) in [4.78, 5) is 43.8. The van der Waals surface area contributed by atoms with Gasteiger partial charge in [0.2, 0.25) is 6.79 Å². The lowest BCUT2D eigenvalue weighted by molar-refractivity contribution is -0.0149. The molecule has 262 valence electrons. The maximum Gasteiger partial charge on any atom is 0.323 e. The summed E-state index contributed by atoms with van der Waals surface area (Å²) in [5, 5.41) is 15.8. The summed E-state index contributed by atoms with van der Waals surface area (Å²) in [5.41, 5.74) is 1.74. The normalized spacial score (nSPS) is 20.3. The molecular weight excluding hydrogens is 628 g/mol. The van der Waals surface area contributed by atoms with E-state index < -0.39 is 12.1 Å². The van der Waals surface area contributed by atoms with Crippen LogP contribution in [0.2, 0.25) is 0 Å². The van der Waals surface area contributed by atoms with Gasteiger partial charge >= 0.3 is 6.03 Å². The van der Waals surface area contributed by atoms with E-state index in [-0.39, 0.29) is 55.4 Å². The summed E-state index contributed by atoms with van der Waals surface area (Å²) in [6.45, 7) is 6.64. The van der Waals surface area contributed by atoms with Crippen molar-refractivity contribution >= 4 is 29.2 Å². The highest BCUT2D eigenvalue weighted by molar-refractivity contribution is 6.02. The van der Waals surface area contributed by atoms with Crippen molar-refractivity contribution in [2.24, 2.45) is 5.92 Å². The van der Waals surface area contributed by atoms with Crippen molar-refractivity contribution in [3.05, 3.63) is 77.9 Å². The number of carbonyl (C=O) groups excluding carboxylic acids is 3. The third-order valence-electron chi connectivity index (χ3n) is 8.76. The first-order valence-electron chi connectivity index (χ1n) is 16.7. The molecule has 4 atom stereocenters. The second kappa shape index (κ2) is 16.5. The van der Waals surface area contributed by atoms with Gasteiger partial charge in [-0.1, -0.05) is 25.1 Å². The smallest absolute Gasteiger partial charge is 0.323 e. The van der Waals surface area contributed by atoms with Crippen LogP contribution in [-0.2, 0) is 4.74 Å². The number of hydrogen-bond donors (Lipinski definition) is 3. The second-order valence-corrected chi connectivity index (χ2v) is 12.7. The van der Waals surface area contributed by atoms with Crippen LogP contribution in [0.25, 0.3) is 0 Å². The topological polar surface area (TPSA) is 139 Å². The van der Waals surface area contributed by atoms with Crippen LogP contribution in [0.15, 0.2) is 66.7 Å². The number of aliphatic hydroxyl groups excluding tert-OH is 1. The average Bonchev–Trinajstić information content (AvgIpc) is 3.57. The molecule has 0 aliphatic carbocycles. The van der Waals surface area contributed by atoms with E-state index in [1.165, 1.54) is 0 Å². The molecule has 5 rings (SSSR count). The Morgan fingerprint density at radius 2 is 1.65 bits per heavy atom. The SMILES string of the molecule is C[C@@H]1CN([C@@H](C)CO)C(=O)c2cc(NC(=O)Nc3ccc4c(c3)OCO4)ccc2O[C@@H](C)CCCCO[C@@H]1CN(C)C(=O)c1ccccc1. The third-order valence-corrected chi connectivity index (χ3v) is 8.76. The van der Waals surface area contributed by atoms with Gasteiger partial charge in [-0.15, -0.1) is 0 Å². The van der Waals surface area contributed by atoms with Crippen LogP contribution in [-0.4, -0.2) is 91.1 Å². The minimum absolute atomic E-state index is 0.116. The van der Waals surface area contributed by atoms with Crippen LogP contribution in [0, 0.1) is 5.92 Å². The number of rotatable bonds is 7. The van der Waals surface area contributed by atoms with Crippen molar-refractivity contribution in [2.45, 2.75) is 58.3 Å². The lowest BCUT2D eigenvalue weighted by Crippen LogP contribution is -2.48. The number of hydrogen-bond acceptors (Lipinski definition) is 8. The summed E-state index contributed by atoms with van der Waals surface area (Å²) < 4.78 is 23.4. The van der Waals surface area contributed by atoms with Crippen LogP contribution in [0.3, 0.4) is 0 Å². The molecule has 0 saturated heterocycles. The van der Waals surface area contributed by atoms with Crippen LogP contribution in [0.5, 0.6) is 17.2 Å². The molecule has 0 bridgehead atoms. The van der Waals surface area contributed by atoms with Gasteiger partial charge in [-0.25, -0.2) is 4.79 Å². The Morgan fingerprint density at radius 3 is 2.39 bits per heavy atom. The Hall–Kier alpha value is -4.81. The van der Waals surface area contributed by atoms with Crippen LogP contribution >= 0.6 is 0 Å². The number of ether oxygens (including phenoxy) is 4. The van der Waals surface area contributed by atoms with E-state index >= 15 is 0 Å². The highest BCUT2D eigenvalue weighted by atomic mass is 16.7. The number of benzene rings is 3. The van der Waals surface area contributed by atoms with E-state index in [1.807, 2.05) is 32.0 Å². The summed E-state index contributed by atoms with van der Waals surface area (Å²) in [6, 6.07) is 18.1. The number of nitrogens with one attached hydrogen (secondary N) is 2. The molecule has 3 N–H and O–H groups in total. The van der Waals surface area contributed by atoms with Crippen molar-refractivity contribution < 1.29 is 38.4 Å². The average molecular weight is 675 g/mol. The lowest BCUT2D eigenvalue weighted by Gasteiger charge is -2.36. The zero-order chi connectivity index (χ0) is 34.9. The number of aliphatic hydroxyl groups is 1. The first-order valence-corrected chi connectivity index (χ1v) is 16.7. The highest BCUT2D eigenvalue weighted by Gasteiger charge is 2.31. The fourth-order valence-corrected chi connectivity index (χ4v) is 5.88. The molecule has 4 amide bonds. The van der Waals surface area contributed by atoms with Gasteiger partial charge in [0.15, 0.2) is 11.5 Å². The molecule has 2 heterocycles. The Bertz CT molecular complexity index is 1600. The first-order chi connectivity index (χ1) is 23.6. The monoisotopic (exact) mass is 674 g/mol. The molecule has 0 fully saturated rings. The molecule has 12 nitrogen and oxygen atoms in total. The summed E-state index contributed by atoms with van der Waals surface area (Å²) in [5.74, 6) is 0.848. The quantitative estimate of drug-likeness (QED) is 0.293. The van der Waals surface area contributed by atoms with Gasteiger partial charge in [-0.2, -0.15) is 0 Å². The first kappa shape index (κ1) is 35.5. The molecule has 12 heteroatoms. The summed E-state index contributed by atoms with van der Waals surface area (Å²) in [7, 11) is 1.75. The van der Waals surface area contributed by atoms with E-state index in [2.05, 4.69) is 10.6 Å². The Kier molecular flexibility index (Phi) is 12.0. The predicted octanol–water partition coefficient (Wildman–Crippen LogP) is 5.63. The largest absolute Gasteiger partial charge is 0.490 e. The lowest BCUT2D eigenvalue weighted by atomic mass is 10.0. The van der Waals surface area contributed by atoms with E-state index in [9.17, 15) is 19.5 Å². The van der Waals surface area contributed by atoms with Gasteiger partial charge in [0.05, 0.1) is 30.4 Å². The number of nitrogens with zero attached hydrogens (tertiary/aromatic N) is 2. The molecule has 3 aromatic rings. The van der Waals surface area contributed by atoms with Crippen molar-refractivity contribution in [3.8, 4) is 17.2 Å². The summed E-state index contributed by atoms with van der Waals surface area (Å²) >= 11 is 0. The zero-order valence-corrected chi connectivity index (χ0v) is 28.5. The second-order valence-electron chi connectivity index (χ2n) is 12.7. The molecule has 49 heavy (non-hydrogen) atoms. The number of urea groups is 1. The molecule has 0 spiro atoms. The maximum absolute atomic E-state index is 14.4. The van der Waals surface area contributed by atoms with Crippen molar-refractivity contribution in [1.29, 1.82) is 0 Å². The van der Waals surface area contributed by atoms with Crippen molar-refractivity contribution in [1.82, 2.24) is 9.80 Å².